The summed E-state index contributed by atoms with van der Waals surface area (Å²) in [6.07, 6.45) is 7.28. The van der Waals surface area contributed by atoms with Crippen LogP contribution in [0, 0.1) is 17.8 Å². The summed E-state index contributed by atoms with van der Waals surface area (Å²) in [7, 11) is 0. The maximum absolute atomic E-state index is 13.3. The van der Waals surface area contributed by atoms with Gasteiger partial charge in [-0.1, -0.05) is 6.07 Å². The Morgan fingerprint density at radius 2 is 1.92 bits per heavy atom. The monoisotopic (exact) mass is 354 g/mol. The van der Waals surface area contributed by atoms with E-state index in [0.29, 0.717) is 17.4 Å². The molecule has 0 N–H and O–H groups in total. The minimum absolute atomic E-state index is 0.0772. The highest BCUT2D eigenvalue weighted by Crippen LogP contribution is 2.32. The van der Waals surface area contributed by atoms with Gasteiger partial charge < -0.3 is 4.90 Å². The highest BCUT2D eigenvalue weighted by atomic mass is 19.1. The molecule has 26 heavy (non-hydrogen) atoms. The number of amides is 1. The Labute approximate surface area is 152 Å². The van der Waals surface area contributed by atoms with Crippen LogP contribution >= 0.6 is 0 Å². The average molecular weight is 354 g/mol. The van der Waals surface area contributed by atoms with Crippen molar-refractivity contribution >= 4 is 5.91 Å². The number of hydrogen-bond acceptors (Lipinski definition) is 4. The lowest BCUT2D eigenvalue weighted by Gasteiger charge is -2.22. The zero-order valence-corrected chi connectivity index (χ0v) is 14.7. The van der Waals surface area contributed by atoms with Crippen molar-refractivity contribution in [2.24, 2.45) is 11.8 Å². The van der Waals surface area contributed by atoms with Gasteiger partial charge in [-0.15, -0.1) is 0 Å². The van der Waals surface area contributed by atoms with E-state index in [0.717, 1.165) is 45.6 Å². The molecule has 6 heteroatoms. The van der Waals surface area contributed by atoms with Gasteiger partial charge in [-0.05, 0) is 55.5 Å². The number of likely N-dealkylation sites (tertiary alicyclic amines) is 2. The van der Waals surface area contributed by atoms with Crippen LogP contribution in [-0.4, -0.2) is 51.9 Å². The zero-order chi connectivity index (χ0) is 17.9. The van der Waals surface area contributed by atoms with Crippen LogP contribution in [0.4, 0.5) is 4.39 Å². The molecular formula is C20H23FN4O. The minimum atomic E-state index is -0.602. The van der Waals surface area contributed by atoms with E-state index in [9.17, 15) is 9.18 Å². The minimum Gasteiger partial charge on any atom is -0.338 e. The Bertz CT molecular complexity index is 753. The molecule has 4 rings (SSSR count). The molecule has 0 saturated carbocycles. The van der Waals surface area contributed by atoms with Crippen LogP contribution in [-0.2, 0) is 6.54 Å². The molecule has 136 valence electrons. The van der Waals surface area contributed by atoms with Gasteiger partial charge in [0, 0.05) is 49.9 Å². The highest BCUT2D eigenvalue weighted by Gasteiger charge is 2.37. The molecule has 4 heterocycles. The number of nitrogens with zero attached hydrogens (tertiary/aromatic N) is 4. The van der Waals surface area contributed by atoms with E-state index in [1.807, 2.05) is 17.2 Å². The van der Waals surface area contributed by atoms with E-state index >= 15 is 0 Å². The van der Waals surface area contributed by atoms with Crippen LogP contribution in [0.3, 0.4) is 0 Å². The first-order valence-corrected chi connectivity index (χ1v) is 9.21. The van der Waals surface area contributed by atoms with Gasteiger partial charge >= 0.3 is 0 Å². The predicted octanol–water partition coefficient (Wildman–Crippen LogP) is 2.60. The topological polar surface area (TPSA) is 49.3 Å². The summed E-state index contributed by atoms with van der Waals surface area (Å²) >= 11 is 0. The fourth-order valence-electron chi connectivity index (χ4n) is 4.19. The van der Waals surface area contributed by atoms with Crippen LogP contribution in [0.1, 0.15) is 28.8 Å². The van der Waals surface area contributed by atoms with E-state index in [4.69, 9.17) is 0 Å². The Hall–Kier alpha value is -2.34. The molecule has 2 aliphatic rings. The van der Waals surface area contributed by atoms with Gasteiger partial charge in [0.1, 0.15) is 0 Å². The van der Waals surface area contributed by atoms with E-state index in [2.05, 4.69) is 20.9 Å². The standard InChI is InChI=1S/C20H23FN4O/c21-19-10-16(3-7-23-19)20(26)25-13-17-4-8-24(9-5-18(17)14-25)12-15-2-1-6-22-11-15/h1-3,6-7,10-11,17-18H,4-5,8-9,12-14H2/t17-,18+. The number of hydrogen-bond donors (Lipinski definition) is 0. The lowest BCUT2D eigenvalue weighted by Crippen LogP contribution is -2.31. The molecule has 2 aromatic rings. The third kappa shape index (κ3) is 3.75. The third-order valence-electron chi connectivity index (χ3n) is 5.60. The van der Waals surface area contributed by atoms with Crippen LogP contribution in [0.15, 0.2) is 42.9 Å². The summed E-state index contributed by atoms with van der Waals surface area (Å²) in [4.78, 5) is 24.7. The zero-order valence-electron chi connectivity index (χ0n) is 14.7. The summed E-state index contributed by atoms with van der Waals surface area (Å²) in [6.45, 7) is 4.57. The van der Waals surface area contributed by atoms with E-state index in [-0.39, 0.29) is 5.91 Å². The molecule has 0 radical (unpaired) electrons. The van der Waals surface area contributed by atoms with Gasteiger partial charge in [0.05, 0.1) is 0 Å². The molecule has 0 spiro atoms. The Balaban J connectivity index is 1.36. The second-order valence-corrected chi connectivity index (χ2v) is 7.31. The maximum atomic E-state index is 13.3. The molecule has 0 bridgehead atoms. The van der Waals surface area contributed by atoms with E-state index in [1.165, 1.54) is 17.8 Å². The molecule has 0 aromatic carbocycles. The third-order valence-corrected chi connectivity index (χ3v) is 5.60. The smallest absolute Gasteiger partial charge is 0.254 e. The van der Waals surface area contributed by atoms with Crippen molar-refractivity contribution in [3.63, 3.8) is 0 Å². The van der Waals surface area contributed by atoms with Crippen molar-refractivity contribution in [2.75, 3.05) is 26.2 Å². The van der Waals surface area contributed by atoms with Crippen LogP contribution in [0.2, 0.25) is 0 Å². The fraction of sp³-hybridized carbons (Fsp3) is 0.450. The number of halogens is 1. The quantitative estimate of drug-likeness (QED) is 0.795. The van der Waals surface area contributed by atoms with Gasteiger partial charge in [-0.3, -0.25) is 14.7 Å². The van der Waals surface area contributed by atoms with Crippen LogP contribution in [0.25, 0.3) is 0 Å². The molecule has 5 nitrogen and oxygen atoms in total. The number of aromatic nitrogens is 2. The number of carbonyl (C=O) groups excluding carboxylic acids is 1. The summed E-state index contributed by atoms with van der Waals surface area (Å²) in [5, 5.41) is 0. The van der Waals surface area contributed by atoms with Crippen molar-refractivity contribution in [1.29, 1.82) is 0 Å². The first kappa shape index (κ1) is 17.1. The fourth-order valence-corrected chi connectivity index (χ4v) is 4.19. The Morgan fingerprint density at radius 1 is 1.15 bits per heavy atom. The number of carbonyl (C=O) groups is 1. The summed E-state index contributed by atoms with van der Waals surface area (Å²) < 4.78 is 13.3. The number of fused-ring (bicyclic) bond motifs is 1. The molecular weight excluding hydrogens is 331 g/mol. The molecule has 2 saturated heterocycles. The van der Waals surface area contributed by atoms with Crippen molar-refractivity contribution in [1.82, 2.24) is 19.8 Å². The summed E-state index contributed by atoms with van der Waals surface area (Å²) in [6, 6.07) is 6.92. The summed E-state index contributed by atoms with van der Waals surface area (Å²) in [5.41, 5.74) is 1.64. The normalized spacial score (nSPS) is 23.5. The van der Waals surface area contributed by atoms with Crippen molar-refractivity contribution in [3.8, 4) is 0 Å². The van der Waals surface area contributed by atoms with Crippen LogP contribution in [0.5, 0.6) is 0 Å². The Kier molecular flexibility index (Phi) is 4.93. The van der Waals surface area contributed by atoms with E-state index in [1.54, 1.807) is 12.3 Å². The number of rotatable bonds is 3. The van der Waals surface area contributed by atoms with Gasteiger partial charge in [-0.2, -0.15) is 4.39 Å². The summed E-state index contributed by atoms with van der Waals surface area (Å²) in [5.74, 6) is 0.385. The molecule has 2 aromatic heterocycles. The second kappa shape index (κ2) is 7.50. The Morgan fingerprint density at radius 3 is 2.58 bits per heavy atom. The lowest BCUT2D eigenvalue weighted by atomic mass is 9.92. The molecule has 0 unspecified atom stereocenters. The maximum Gasteiger partial charge on any atom is 0.254 e. The second-order valence-electron chi connectivity index (χ2n) is 7.31. The molecule has 2 atom stereocenters. The molecule has 0 aliphatic carbocycles. The molecule has 2 fully saturated rings. The predicted molar refractivity (Wildman–Crippen MR) is 95.8 cm³/mol. The van der Waals surface area contributed by atoms with Gasteiger partial charge in [-0.25, -0.2) is 4.98 Å². The van der Waals surface area contributed by atoms with Crippen molar-refractivity contribution < 1.29 is 9.18 Å². The van der Waals surface area contributed by atoms with Gasteiger partial charge in [0.25, 0.3) is 5.91 Å². The first-order chi connectivity index (χ1) is 12.7. The van der Waals surface area contributed by atoms with E-state index < -0.39 is 5.95 Å². The average Bonchev–Trinajstić information content (AvgIpc) is 2.98. The van der Waals surface area contributed by atoms with Crippen molar-refractivity contribution in [2.45, 2.75) is 19.4 Å². The van der Waals surface area contributed by atoms with Crippen molar-refractivity contribution in [3.05, 3.63) is 59.9 Å². The van der Waals surface area contributed by atoms with Gasteiger partial charge in [0.2, 0.25) is 5.95 Å². The highest BCUT2D eigenvalue weighted by molar-refractivity contribution is 5.94. The lowest BCUT2D eigenvalue weighted by molar-refractivity contribution is 0.0779. The number of pyridine rings is 2. The SMILES string of the molecule is O=C(c1ccnc(F)c1)N1C[C@H]2CCN(Cc3cccnc3)CC[C@H]2C1. The first-order valence-electron chi connectivity index (χ1n) is 9.21. The van der Waals surface area contributed by atoms with Gasteiger partial charge in [0.15, 0.2) is 0 Å². The molecule has 2 aliphatic heterocycles. The van der Waals surface area contributed by atoms with Crippen LogP contribution < -0.4 is 0 Å². The molecule has 1 amide bonds. The largest absolute Gasteiger partial charge is 0.338 e.